The van der Waals surface area contributed by atoms with Crippen LogP contribution < -0.4 is 10.6 Å². The molecule has 1 unspecified atom stereocenters. The van der Waals surface area contributed by atoms with E-state index in [0.717, 1.165) is 38.8 Å². The lowest BCUT2D eigenvalue weighted by Crippen LogP contribution is -2.44. The number of hydrogen-bond donors (Lipinski definition) is 3. The minimum Gasteiger partial charge on any atom is -0.481 e. The maximum absolute atomic E-state index is 11.9. The van der Waals surface area contributed by atoms with Gasteiger partial charge in [-0.3, -0.25) is 9.59 Å². The number of carbonyl (C=O) groups is 2. The molecule has 1 aliphatic heterocycles. The van der Waals surface area contributed by atoms with Crippen LogP contribution in [0.1, 0.15) is 44.9 Å². The van der Waals surface area contributed by atoms with Gasteiger partial charge < -0.3 is 15.7 Å². The number of hydrogen-bond acceptors (Lipinski definition) is 3. The number of nitrogens with one attached hydrogen (secondary N) is 2. The van der Waals surface area contributed by atoms with Gasteiger partial charge in [-0.25, -0.2) is 0 Å². The van der Waals surface area contributed by atoms with E-state index in [-0.39, 0.29) is 5.91 Å². The van der Waals surface area contributed by atoms with Gasteiger partial charge in [0, 0.05) is 13.0 Å². The Morgan fingerprint density at radius 1 is 1.26 bits per heavy atom. The molecule has 2 aliphatic rings. The van der Waals surface area contributed by atoms with Crippen LogP contribution >= 0.6 is 0 Å². The monoisotopic (exact) mass is 268 g/mol. The molecule has 3 N–H and O–H groups in total. The van der Waals surface area contributed by atoms with Gasteiger partial charge in [0.05, 0.1) is 5.41 Å². The summed E-state index contributed by atoms with van der Waals surface area (Å²) >= 11 is 0. The number of amides is 1. The molecule has 2 rings (SSSR count). The molecule has 0 spiro atoms. The highest BCUT2D eigenvalue weighted by Gasteiger charge is 2.39. The van der Waals surface area contributed by atoms with Gasteiger partial charge in [0.2, 0.25) is 5.91 Å². The van der Waals surface area contributed by atoms with Crippen LogP contribution in [0.3, 0.4) is 0 Å². The van der Waals surface area contributed by atoms with Crippen LogP contribution in [0.5, 0.6) is 0 Å². The molecular weight excluding hydrogens is 244 g/mol. The Kier molecular flexibility index (Phi) is 4.80. The lowest BCUT2D eigenvalue weighted by atomic mass is 9.74. The highest BCUT2D eigenvalue weighted by molar-refractivity contribution is 5.79. The third kappa shape index (κ3) is 3.69. The van der Waals surface area contributed by atoms with Crippen molar-refractivity contribution in [3.63, 3.8) is 0 Å². The number of carbonyl (C=O) groups excluding carboxylic acids is 1. The van der Waals surface area contributed by atoms with E-state index in [0.29, 0.717) is 31.7 Å². The van der Waals surface area contributed by atoms with Gasteiger partial charge >= 0.3 is 5.97 Å². The summed E-state index contributed by atoms with van der Waals surface area (Å²) in [4.78, 5) is 23.3. The lowest BCUT2D eigenvalue weighted by molar-refractivity contribution is -0.151. The quantitative estimate of drug-likeness (QED) is 0.698. The van der Waals surface area contributed by atoms with Crippen LogP contribution in [-0.4, -0.2) is 36.6 Å². The molecule has 5 nitrogen and oxygen atoms in total. The second kappa shape index (κ2) is 6.37. The Balaban J connectivity index is 1.81. The average Bonchev–Trinajstić information content (AvgIpc) is 2.90. The summed E-state index contributed by atoms with van der Waals surface area (Å²) in [6.07, 6.45) is 5.95. The summed E-state index contributed by atoms with van der Waals surface area (Å²) in [6.45, 7) is 2.18. The van der Waals surface area contributed by atoms with Crippen molar-refractivity contribution in [3.8, 4) is 0 Å². The molecule has 19 heavy (non-hydrogen) atoms. The Labute approximate surface area is 114 Å². The van der Waals surface area contributed by atoms with Crippen LogP contribution in [-0.2, 0) is 9.59 Å². The topological polar surface area (TPSA) is 78.4 Å². The first-order valence-electron chi connectivity index (χ1n) is 7.33. The van der Waals surface area contributed by atoms with Crippen molar-refractivity contribution in [3.05, 3.63) is 0 Å². The van der Waals surface area contributed by atoms with Crippen molar-refractivity contribution in [2.24, 2.45) is 11.3 Å². The van der Waals surface area contributed by atoms with E-state index < -0.39 is 11.4 Å². The van der Waals surface area contributed by atoms with Crippen LogP contribution in [0.15, 0.2) is 0 Å². The fraction of sp³-hybridized carbons (Fsp3) is 0.857. The van der Waals surface area contributed by atoms with Gasteiger partial charge in [0.1, 0.15) is 0 Å². The summed E-state index contributed by atoms with van der Waals surface area (Å²) in [7, 11) is 0. The molecule has 0 aromatic heterocycles. The van der Waals surface area contributed by atoms with Crippen molar-refractivity contribution >= 4 is 11.9 Å². The van der Waals surface area contributed by atoms with Crippen LogP contribution in [0.25, 0.3) is 0 Å². The predicted molar refractivity (Wildman–Crippen MR) is 71.8 cm³/mol. The third-order valence-corrected chi connectivity index (χ3v) is 4.52. The highest BCUT2D eigenvalue weighted by atomic mass is 16.4. The number of carboxylic acid groups (broad SMARTS) is 1. The van der Waals surface area contributed by atoms with E-state index in [1.165, 1.54) is 0 Å². The van der Waals surface area contributed by atoms with Gasteiger partial charge in [-0.15, -0.1) is 0 Å². The Hall–Kier alpha value is -1.10. The molecule has 0 aromatic carbocycles. The van der Waals surface area contributed by atoms with Crippen LogP contribution in [0.2, 0.25) is 0 Å². The minimum atomic E-state index is -0.755. The predicted octanol–water partition coefficient (Wildman–Crippen LogP) is 1.14. The molecule has 5 heteroatoms. The first-order valence-corrected chi connectivity index (χ1v) is 7.33. The highest BCUT2D eigenvalue weighted by Crippen LogP contribution is 2.36. The van der Waals surface area contributed by atoms with Crippen molar-refractivity contribution < 1.29 is 14.7 Å². The maximum atomic E-state index is 11.9. The molecule has 0 aromatic rings. The lowest BCUT2D eigenvalue weighted by Gasteiger charge is -2.33. The van der Waals surface area contributed by atoms with E-state index in [9.17, 15) is 14.7 Å². The van der Waals surface area contributed by atoms with Crippen LogP contribution in [0.4, 0.5) is 0 Å². The fourth-order valence-electron chi connectivity index (χ4n) is 3.19. The zero-order valence-corrected chi connectivity index (χ0v) is 11.4. The summed E-state index contributed by atoms with van der Waals surface area (Å²) in [5.74, 6) is -0.345. The van der Waals surface area contributed by atoms with Crippen LogP contribution in [0, 0.1) is 11.3 Å². The first kappa shape index (κ1) is 14.3. The van der Waals surface area contributed by atoms with Crippen molar-refractivity contribution in [1.82, 2.24) is 10.6 Å². The molecule has 1 atom stereocenters. The zero-order valence-electron chi connectivity index (χ0n) is 11.4. The van der Waals surface area contributed by atoms with Crippen molar-refractivity contribution in [1.29, 1.82) is 0 Å². The van der Waals surface area contributed by atoms with Crippen molar-refractivity contribution in [2.75, 3.05) is 19.6 Å². The smallest absolute Gasteiger partial charge is 0.311 e. The molecule has 1 aliphatic carbocycles. The minimum absolute atomic E-state index is 0.0000940. The van der Waals surface area contributed by atoms with E-state index in [1.807, 2.05) is 0 Å². The number of rotatable bonds is 5. The number of carboxylic acids is 1. The molecule has 1 saturated heterocycles. The molecule has 1 amide bonds. The third-order valence-electron chi connectivity index (χ3n) is 4.52. The molecule has 0 radical (unpaired) electrons. The van der Waals surface area contributed by atoms with Gasteiger partial charge in [-0.2, -0.15) is 0 Å². The molecule has 2 fully saturated rings. The Morgan fingerprint density at radius 2 is 2.00 bits per heavy atom. The summed E-state index contributed by atoms with van der Waals surface area (Å²) in [5.41, 5.74) is -0.720. The maximum Gasteiger partial charge on any atom is 0.311 e. The van der Waals surface area contributed by atoms with E-state index >= 15 is 0 Å². The second-order valence-electron chi connectivity index (χ2n) is 5.99. The zero-order chi connectivity index (χ0) is 13.7. The van der Waals surface area contributed by atoms with Crippen molar-refractivity contribution in [2.45, 2.75) is 44.9 Å². The van der Waals surface area contributed by atoms with Gasteiger partial charge in [0.15, 0.2) is 0 Å². The van der Waals surface area contributed by atoms with Gasteiger partial charge in [0.25, 0.3) is 0 Å². The Bertz CT molecular complexity index is 332. The Morgan fingerprint density at radius 3 is 2.58 bits per heavy atom. The molecule has 108 valence electrons. The largest absolute Gasteiger partial charge is 0.481 e. The SMILES string of the molecule is O=C(CC1CCNC1)NCC1(C(=O)O)CCCCC1. The standard InChI is InChI=1S/C14H24N2O3/c17-12(8-11-4-7-15-9-11)16-10-14(13(18)19)5-2-1-3-6-14/h11,15H,1-10H2,(H,16,17)(H,18,19). The summed E-state index contributed by atoms with van der Waals surface area (Å²) < 4.78 is 0. The fourth-order valence-corrected chi connectivity index (χ4v) is 3.19. The second-order valence-corrected chi connectivity index (χ2v) is 5.99. The van der Waals surface area contributed by atoms with Gasteiger partial charge in [-0.05, 0) is 38.3 Å². The normalized spacial score (nSPS) is 26.0. The molecule has 1 saturated carbocycles. The molecular formula is C14H24N2O3. The average molecular weight is 268 g/mol. The van der Waals surface area contributed by atoms with Gasteiger partial charge in [-0.1, -0.05) is 19.3 Å². The summed E-state index contributed by atoms with van der Waals surface area (Å²) in [5, 5.41) is 15.5. The summed E-state index contributed by atoms with van der Waals surface area (Å²) in [6, 6.07) is 0. The molecule has 0 bridgehead atoms. The van der Waals surface area contributed by atoms with E-state index in [4.69, 9.17) is 0 Å². The van der Waals surface area contributed by atoms with E-state index in [1.54, 1.807) is 0 Å². The number of aliphatic carboxylic acids is 1. The van der Waals surface area contributed by atoms with E-state index in [2.05, 4.69) is 10.6 Å². The first-order chi connectivity index (χ1) is 9.12. The molecule has 1 heterocycles.